The molecule has 2 aromatic carbocycles. The minimum atomic E-state index is 0.426. The van der Waals surface area contributed by atoms with Crippen LogP contribution in [-0.2, 0) is 0 Å². The highest BCUT2D eigenvalue weighted by Crippen LogP contribution is 2.34. The third-order valence-electron chi connectivity index (χ3n) is 5.81. The van der Waals surface area contributed by atoms with Crippen LogP contribution in [-0.4, -0.2) is 38.9 Å². The van der Waals surface area contributed by atoms with Crippen molar-refractivity contribution in [1.82, 2.24) is 19.3 Å². The van der Waals surface area contributed by atoms with Crippen LogP contribution in [0.4, 0.5) is 5.82 Å². The molecule has 5 heteroatoms. The SMILES string of the molecule is CCCN1CC[C@H](c2nc(-c3ccc4ccccc4c3)c3c(N)nccn23)C1. The highest BCUT2D eigenvalue weighted by atomic mass is 15.2. The van der Waals surface area contributed by atoms with Gasteiger partial charge in [0.05, 0.1) is 0 Å². The predicted molar refractivity (Wildman–Crippen MR) is 114 cm³/mol. The lowest BCUT2D eigenvalue weighted by atomic mass is 10.0. The summed E-state index contributed by atoms with van der Waals surface area (Å²) in [5.41, 5.74) is 9.25. The zero-order valence-electron chi connectivity index (χ0n) is 16.2. The molecule has 1 aliphatic heterocycles. The molecule has 28 heavy (non-hydrogen) atoms. The Labute approximate surface area is 164 Å². The second kappa shape index (κ2) is 6.91. The van der Waals surface area contributed by atoms with Crippen molar-refractivity contribution >= 4 is 22.1 Å². The van der Waals surface area contributed by atoms with E-state index in [1.165, 1.54) is 17.2 Å². The molecule has 0 saturated carbocycles. The van der Waals surface area contributed by atoms with E-state index in [0.717, 1.165) is 48.7 Å². The maximum absolute atomic E-state index is 6.31. The molecule has 1 fully saturated rings. The topological polar surface area (TPSA) is 59.5 Å². The van der Waals surface area contributed by atoms with Crippen LogP contribution >= 0.6 is 0 Å². The van der Waals surface area contributed by atoms with Gasteiger partial charge in [0.2, 0.25) is 0 Å². The molecule has 1 atom stereocenters. The van der Waals surface area contributed by atoms with Crippen LogP contribution in [0.2, 0.25) is 0 Å². The van der Waals surface area contributed by atoms with E-state index < -0.39 is 0 Å². The van der Waals surface area contributed by atoms with Gasteiger partial charge in [0, 0.05) is 30.4 Å². The summed E-state index contributed by atoms with van der Waals surface area (Å²) in [5.74, 6) is 2.06. The number of rotatable bonds is 4. The molecule has 1 saturated heterocycles. The monoisotopic (exact) mass is 371 g/mol. The van der Waals surface area contributed by atoms with Crippen molar-refractivity contribution in [2.24, 2.45) is 0 Å². The summed E-state index contributed by atoms with van der Waals surface area (Å²) in [6, 6.07) is 14.9. The molecule has 142 valence electrons. The Bertz CT molecular complexity index is 1150. The van der Waals surface area contributed by atoms with Gasteiger partial charge in [-0.15, -0.1) is 0 Å². The summed E-state index contributed by atoms with van der Waals surface area (Å²) in [5, 5.41) is 2.44. The van der Waals surface area contributed by atoms with Gasteiger partial charge in [-0.05, 0) is 42.8 Å². The predicted octanol–water partition coefficient (Wildman–Crippen LogP) is 4.33. The Morgan fingerprint density at radius 1 is 1.14 bits per heavy atom. The summed E-state index contributed by atoms with van der Waals surface area (Å²) in [6.07, 6.45) is 6.10. The minimum Gasteiger partial charge on any atom is -0.382 e. The van der Waals surface area contributed by atoms with Crippen LogP contribution in [0.25, 0.3) is 27.5 Å². The number of benzene rings is 2. The summed E-state index contributed by atoms with van der Waals surface area (Å²) in [4.78, 5) is 12.0. The maximum Gasteiger partial charge on any atom is 0.150 e. The number of aromatic nitrogens is 3. The molecule has 0 bridgehead atoms. The zero-order valence-corrected chi connectivity index (χ0v) is 16.2. The van der Waals surface area contributed by atoms with E-state index in [0.29, 0.717) is 11.7 Å². The van der Waals surface area contributed by atoms with Crippen molar-refractivity contribution in [3.63, 3.8) is 0 Å². The molecular formula is C23H25N5. The lowest BCUT2D eigenvalue weighted by Gasteiger charge is -2.14. The Hall–Kier alpha value is -2.92. The van der Waals surface area contributed by atoms with Gasteiger partial charge in [-0.2, -0.15) is 0 Å². The molecule has 5 rings (SSSR count). The highest BCUT2D eigenvalue weighted by molar-refractivity contribution is 5.92. The minimum absolute atomic E-state index is 0.426. The standard InChI is InChI=1S/C23H25N5/c1-2-11-27-12-9-19(15-27)23-26-20(21-22(24)25-10-13-28(21)23)18-8-7-16-5-3-4-6-17(16)14-18/h3-8,10,13-14,19H,2,9,11-12,15H2,1H3,(H2,24,25)/t19-/m0/s1. The van der Waals surface area contributed by atoms with Gasteiger partial charge in [0.1, 0.15) is 22.9 Å². The summed E-state index contributed by atoms with van der Waals surface area (Å²) < 4.78 is 2.16. The molecule has 4 aromatic rings. The zero-order chi connectivity index (χ0) is 19.1. The molecule has 2 N–H and O–H groups in total. The van der Waals surface area contributed by atoms with Crippen LogP contribution in [0.5, 0.6) is 0 Å². The maximum atomic E-state index is 6.31. The second-order valence-corrected chi connectivity index (χ2v) is 7.70. The fraction of sp³-hybridized carbons (Fsp3) is 0.304. The molecular weight excluding hydrogens is 346 g/mol. The summed E-state index contributed by atoms with van der Waals surface area (Å²) >= 11 is 0. The molecule has 0 radical (unpaired) electrons. The number of nitrogen functional groups attached to an aromatic ring is 1. The molecule has 1 aliphatic rings. The Morgan fingerprint density at radius 3 is 2.86 bits per heavy atom. The van der Waals surface area contributed by atoms with E-state index >= 15 is 0 Å². The third-order valence-corrected chi connectivity index (χ3v) is 5.81. The first kappa shape index (κ1) is 17.2. The van der Waals surface area contributed by atoms with Gasteiger partial charge < -0.3 is 10.6 Å². The van der Waals surface area contributed by atoms with E-state index in [4.69, 9.17) is 10.7 Å². The van der Waals surface area contributed by atoms with Gasteiger partial charge in [-0.25, -0.2) is 9.97 Å². The fourth-order valence-corrected chi connectivity index (χ4v) is 4.48. The van der Waals surface area contributed by atoms with E-state index in [1.54, 1.807) is 6.20 Å². The van der Waals surface area contributed by atoms with Gasteiger partial charge in [0.25, 0.3) is 0 Å². The molecule has 0 spiro atoms. The van der Waals surface area contributed by atoms with Crippen molar-refractivity contribution in [2.45, 2.75) is 25.7 Å². The number of hydrogen-bond donors (Lipinski definition) is 1. The highest BCUT2D eigenvalue weighted by Gasteiger charge is 2.28. The number of anilines is 1. The van der Waals surface area contributed by atoms with Crippen molar-refractivity contribution in [3.8, 4) is 11.3 Å². The first-order chi connectivity index (χ1) is 13.7. The summed E-state index contributed by atoms with van der Waals surface area (Å²) in [6.45, 7) is 5.59. The van der Waals surface area contributed by atoms with E-state index in [9.17, 15) is 0 Å². The van der Waals surface area contributed by atoms with E-state index in [2.05, 4.69) is 63.7 Å². The number of likely N-dealkylation sites (tertiary alicyclic amines) is 1. The first-order valence-electron chi connectivity index (χ1n) is 10.1. The smallest absolute Gasteiger partial charge is 0.150 e. The van der Waals surface area contributed by atoms with Crippen molar-refractivity contribution in [2.75, 3.05) is 25.4 Å². The quantitative estimate of drug-likeness (QED) is 0.580. The second-order valence-electron chi connectivity index (χ2n) is 7.70. The van der Waals surface area contributed by atoms with Crippen molar-refractivity contribution in [1.29, 1.82) is 0 Å². The average Bonchev–Trinajstić information content (AvgIpc) is 3.33. The number of fused-ring (bicyclic) bond motifs is 2. The Morgan fingerprint density at radius 2 is 2.00 bits per heavy atom. The van der Waals surface area contributed by atoms with Crippen LogP contribution in [0.3, 0.4) is 0 Å². The third kappa shape index (κ3) is 2.83. The first-order valence-corrected chi connectivity index (χ1v) is 10.1. The number of hydrogen-bond acceptors (Lipinski definition) is 4. The molecule has 3 heterocycles. The van der Waals surface area contributed by atoms with Crippen LogP contribution in [0.15, 0.2) is 54.9 Å². The molecule has 2 aromatic heterocycles. The van der Waals surface area contributed by atoms with Gasteiger partial charge in [-0.1, -0.05) is 43.3 Å². The van der Waals surface area contributed by atoms with Crippen LogP contribution in [0.1, 0.15) is 31.5 Å². The van der Waals surface area contributed by atoms with Gasteiger partial charge >= 0.3 is 0 Å². The molecule has 5 nitrogen and oxygen atoms in total. The number of nitrogens with two attached hydrogens (primary N) is 1. The number of nitrogens with zero attached hydrogens (tertiary/aromatic N) is 4. The van der Waals surface area contributed by atoms with Crippen molar-refractivity contribution in [3.05, 3.63) is 60.7 Å². The molecule has 0 aliphatic carbocycles. The normalized spacial score (nSPS) is 17.7. The van der Waals surface area contributed by atoms with Crippen molar-refractivity contribution < 1.29 is 0 Å². The van der Waals surface area contributed by atoms with Gasteiger partial charge in [-0.3, -0.25) is 4.40 Å². The Kier molecular flexibility index (Phi) is 4.24. The van der Waals surface area contributed by atoms with Crippen LogP contribution in [0, 0.1) is 0 Å². The summed E-state index contributed by atoms with van der Waals surface area (Å²) in [7, 11) is 0. The average molecular weight is 371 g/mol. The lowest BCUT2D eigenvalue weighted by Crippen LogP contribution is -2.21. The molecule has 0 amide bonds. The van der Waals surface area contributed by atoms with E-state index in [1.807, 2.05) is 6.20 Å². The fourth-order valence-electron chi connectivity index (χ4n) is 4.48. The molecule has 0 unspecified atom stereocenters. The van der Waals surface area contributed by atoms with Gasteiger partial charge in [0.15, 0.2) is 0 Å². The lowest BCUT2D eigenvalue weighted by molar-refractivity contribution is 0.334. The van der Waals surface area contributed by atoms with Crippen LogP contribution < -0.4 is 5.73 Å². The number of imidazole rings is 1. The van der Waals surface area contributed by atoms with E-state index in [-0.39, 0.29) is 0 Å². The Balaban J connectivity index is 1.65. The largest absolute Gasteiger partial charge is 0.382 e.